The Balaban J connectivity index is 2.23. The largest absolute Gasteiger partial charge is 0.431 e. The van der Waals surface area contributed by atoms with Crippen LogP contribution in [0.4, 0.5) is 18.9 Å². The monoisotopic (exact) mass is 305 g/mol. The number of aliphatic imine (C=N–C) groups is 1. The first-order valence-corrected chi connectivity index (χ1v) is 6.75. The molecule has 0 saturated carbocycles. The summed E-state index contributed by atoms with van der Waals surface area (Å²) in [4.78, 5) is 3.98. The third-order valence-electron chi connectivity index (χ3n) is 3.67. The molecule has 1 heterocycles. The summed E-state index contributed by atoms with van der Waals surface area (Å²) in [5, 5.41) is 5.35. The van der Waals surface area contributed by atoms with Crippen LogP contribution in [0.15, 0.2) is 59.6 Å². The van der Waals surface area contributed by atoms with E-state index in [1.807, 2.05) is 0 Å². The lowest BCUT2D eigenvalue weighted by atomic mass is 9.94. The van der Waals surface area contributed by atoms with Gasteiger partial charge in [-0.05, 0) is 13.1 Å². The van der Waals surface area contributed by atoms with Gasteiger partial charge in [-0.1, -0.05) is 48.5 Å². The van der Waals surface area contributed by atoms with Gasteiger partial charge in [-0.25, -0.2) is 4.99 Å². The van der Waals surface area contributed by atoms with E-state index in [1.54, 1.807) is 48.5 Å². The number of alkyl halides is 3. The number of benzene rings is 2. The number of nitrogens with zero attached hydrogens (tertiary/aromatic N) is 1. The van der Waals surface area contributed by atoms with Gasteiger partial charge >= 0.3 is 6.18 Å². The molecule has 2 aromatic rings. The fraction of sp³-hybridized carbons (Fsp3) is 0.188. The molecule has 0 fully saturated rings. The van der Waals surface area contributed by atoms with Crippen LogP contribution >= 0.6 is 0 Å². The van der Waals surface area contributed by atoms with Crippen LogP contribution in [-0.2, 0) is 5.66 Å². The second-order valence-electron chi connectivity index (χ2n) is 4.96. The van der Waals surface area contributed by atoms with Gasteiger partial charge in [0, 0.05) is 16.8 Å². The average Bonchev–Trinajstić information content (AvgIpc) is 2.53. The number of nitrogens with one attached hydrogen (secondary N) is 2. The molecule has 0 aromatic heterocycles. The minimum absolute atomic E-state index is 0.0599. The Morgan fingerprint density at radius 3 is 2.27 bits per heavy atom. The van der Waals surface area contributed by atoms with E-state index < -0.39 is 11.8 Å². The number of halogens is 3. The number of hydrogen-bond donors (Lipinski definition) is 2. The van der Waals surface area contributed by atoms with Gasteiger partial charge in [-0.2, -0.15) is 13.2 Å². The first kappa shape index (κ1) is 14.6. The van der Waals surface area contributed by atoms with Crippen LogP contribution in [0.1, 0.15) is 11.1 Å². The molecule has 0 unspecified atom stereocenters. The zero-order valence-electron chi connectivity index (χ0n) is 11.8. The lowest BCUT2D eigenvalue weighted by molar-refractivity contribution is -0.197. The number of fused-ring (bicyclic) bond motifs is 1. The van der Waals surface area contributed by atoms with E-state index in [1.165, 1.54) is 13.1 Å². The summed E-state index contributed by atoms with van der Waals surface area (Å²) in [5.74, 6) is 0.186. The molecule has 2 aromatic carbocycles. The maximum absolute atomic E-state index is 13.8. The molecule has 3 nitrogen and oxygen atoms in total. The molecule has 1 aliphatic rings. The van der Waals surface area contributed by atoms with Crippen LogP contribution < -0.4 is 10.6 Å². The molecule has 22 heavy (non-hydrogen) atoms. The predicted molar refractivity (Wildman–Crippen MR) is 79.8 cm³/mol. The van der Waals surface area contributed by atoms with E-state index in [0.29, 0.717) is 11.3 Å². The highest BCUT2D eigenvalue weighted by Gasteiger charge is 2.58. The summed E-state index contributed by atoms with van der Waals surface area (Å²) >= 11 is 0. The van der Waals surface area contributed by atoms with E-state index >= 15 is 0 Å². The first-order chi connectivity index (χ1) is 10.5. The number of hydrogen-bond acceptors (Lipinski definition) is 3. The molecule has 3 rings (SSSR count). The standard InChI is InChI=1S/C16H14F3N3/c1-20-15(16(17,18)19)12-9-5-6-10-13(12)21-14(22-15)11-7-3-2-4-8-11/h2-10,20H,1H3,(H,21,22)/t15-/m0/s1. The van der Waals surface area contributed by atoms with E-state index in [0.717, 1.165) is 0 Å². The molecule has 0 aliphatic carbocycles. The number of amidine groups is 1. The van der Waals surface area contributed by atoms with E-state index in [-0.39, 0.29) is 11.4 Å². The Kier molecular flexibility index (Phi) is 3.41. The number of para-hydroxylation sites is 1. The van der Waals surface area contributed by atoms with Crippen molar-refractivity contribution < 1.29 is 13.2 Å². The van der Waals surface area contributed by atoms with Crippen molar-refractivity contribution in [2.75, 3.05) is 12.4 Å². The molecule has 2 N–H and O–H groups in total. The molecule has 1 atom stereocenters. The van der Waals surface area contributed by atoms with Crippen molar-refractivity contribution in [3.63, 3.8) is 0 Å². The van der Waals surface area contributed by atoms with Gasteiger partial charge in [-0.3, -0.25) is 5.32 Å². The van der Waals surface area contributed by atoms with Crippen LogP contribution in [0.25, 0.3) is 0 Å². The van der Waals surface area contributed by atoms with Crippen molar-refractivity contribution in [1.82, 2.24) is 5.32 Å². The second kappa shape index (κ2) is 5.14. The Morgan fingerprint density at radius 1 is 1.00 bits per heavy atom. The summed E-state index contributed by atoms with van der Waals surface area (Å²) < 4.78 is 41.3. The smallest absolute Gasteiger partial charge is 0.340 e. The van der Waals surface area contributed by atoms with Gasteiger partial charge in [0.25, 0.3) is 0 Å². The van der Waals surface area contributed by atoms with Gasteiger partial charge < -0.3 is 5.32 Å². The molecule has 0 radical (unpaired) electrons. The fourth-order valence-electron chi connectivity index (χ4n) is 2.57. The van der Waals surface area contributed by atoms with Crippen LogP contribution in [0.5, 0.6) is 0 Å². The predicted octanol–water partition coefficient (Wildman–Crippen LogP) is 3.49. The number of rotatable bonds is 2. The van der Waals surface area contributed by atoms with Crippen LogP contribution in [-0.4, -0.2) is 19.1 Å². The summed E-state index contributed by atoms with van der Waals surface area (Å²) in [7, 11) is 1.27. The quantitative estimate of drug-likeness (QED) is 0.891. The Morgan fingerprint density at radius 2 is 1.64 bits per heavy atom. The molecule has 0 spiro atoms. The van der Waals surface area contributed by atoms with Gasteiger partial charge in [0.05, 0.1) is 0 Å². The van der Waals surface area contributed by atoms with Gasteiger partial charge in [0.15, 0.2) is 0 Å². The normalized spacial score (nSPS) is 20.8. The third kappa shape index (κ3) is 2.16. The summed E-state index contributed by atoms with van der Waals surface area (Å²) in [6, 6.07) is 15.1. The molecule has 6 heteroatoms. The highest BCUT2D eigenvalue weighted by molar-refractivity contribution is 6.10. The minimum atomic E-state index is -4.57. The zero-order valence-corrected chi connectivity index (χ0v) is 11.8. The van der Waals surface area contributed by atoms with E-state index in [9.17, 15) is 13.2 Å². The van der Waals surface area contributed by atoms with Crippen molar-refractivity contribution in [2.45, 2.75) is 11.8 Å². The Hall–Kier alpha value is -2.34. The minimum Gasteiger partial charge on any atom is -0.340 e. The highest BCUT2D eigenvalue weighted by atomic mass is 19.4. The zero-order chi connectivity index (χ0) is 15.8. The topological polar surface area (TPSA) is 36.4 Å². The molecular formula is C16H14F3N3. The van der Waals surface area contributed by atoms with Crippen LogP contribution in [0.3, 0.4) is 0 Å². The van der Waals surface area contributed by atoms with E-state index in [2.05, 4.69) is 15.6 Å². The van der Waals surface area contributed by atoms with Crippen molar-refractivity contribution in [1.29, 1.82) is 0 Å². The molecule has 1 aliphatic heterocycles. The summed E-state index contributed by atoms with van der Waals surface area (Å²) in [6.07, 6.45) is -4.57. The molecule has 0 saturated heterocycles. The maximum atomic E-state index is 13.8. The van der Waals surface area contributed by atoms with Crippen molar-refractivity contribution in [2.24, 2.45) is 4.99 Å². The first-order valence-electron chi connectivity index (χ1n) is 6.75. The molecule has 0 amide bonds. The van der Waals surface area contributed by atoms with Crippen molar-refractivity contribution in [3.05, 3.63) is 65.7 Å². The summed E-state index contributed by atoms with van der Waals surface area (Å²) in [6.45, 7) is 0. The molecule has 0 bridgehead atoms. The Labute approximate surface area is 125 Å². The van der Waals surface area contributed by atoms with Gasteiger partial charge in [0.2, 0.25) is 5.66 Å². The fourth-order valence-corrected chi connectivity index (χ4v) is 2.57. The Bertz CT molecular complexity index is 710. The molecule has 114 valence electrons. The van der Waals surface area contributed by atoms with Crippen molar-refractivity contribution in [3.8, 4) is 0 Å². The average molecular weight is 305 g/mol. The van der Waals surface area contributed by atoms with E-state index in [4.69, 9.17) is 0 Å². The van der Waals surface area contributed by atoms with Gasteiger partial charge in [-0.15, -0.1) is 0 Å². The SMILES string of the molecule is CN[C@]1(C(F)(F)F)N=C(c2ccccc2)Nc2ccccc21. The molecular weight excluding hydrogens is 291 g/mol. The second-order valence-corrected chi connectivity index (χ2v) is 4.96. The van der Waals surface area contributed by atoms with Crippen LogP contribution in [0, 0.1) is 0 Å². The number of anilines is 1. The summed E-state index contributed by atoms with van der Waals surface area (Å²) in [5.41, 5.74) is -1.41. The maximum Gasteiger partial charge on any atom is 0.431 e. The van der Waals surface area contributed by atoms with Crippen molar-refractivity contribution >= 4 is 11.5 Å². The lowest BCUT2D eigenvalue weighted by Gasteiger charge is -2.37. The highest BCUT2D eigenvalue weighted by Crippen LogP contribution is 2.45. The van der Waals surface area contributed by atoms with Crippen LogP contribution in [0.2, 0.25) is 0 Å². The third-order valence-corrected chi connectivity index (χ3v) is 3.67. The van der Waals surface area contributed by atoms with Gasteiger partial charge in [0.1, 0.15) is 5.84 Å². The lowest BCUT2D eigenvalue weighted by Crippen LogP contribution is -2.54.